The van der Waals surface area contributed by atoms with E-state index in [1.54, 1.807) is 0 Å². The highest BCUT2D eigenvalue weighted by atomic mass is 15.2. The highest BCUT2D eigenvalue weighted by Gasteiger charge is 2.27. The fourth-order valence-electron chi connectivity index (χ4n) is 2.57. The van der Waals surface area contributed by atoms with Gasteiger partial charge in [-0.1, -0.05) is 0 Å². The predicted molar refractivity (Wildman–Crippen MR) is 82.6 cm³/mol. The maximum absolute atomic E-state index is 7.60. The molecule has 104 valence electrons. The van der Waals surface area contributed by atoms with E-state index in [1.807, 2.05) is 13.1 Å². The Morgan fingerprint density at radius 1 is 1.47 bits per heavy atom. The van der Waals surface area contributed by atoms with Crippen LogP contribution in [0.3, 0.4) is 0 Å². The van der Waals surface area contributed by atoms with Crippen molar-refractivity contribution in [2.75, 3.05) is 42.6 Å². The monoisotopic (exact) mass is 261 g/mol. The minimum Gasteiger partial charge on any atom is -0.398 e. The van der Waals surface area contributed by atoms with Crippen LogP contribution in [0, 0.1) is 5.41 Å². The van der Waals surface area contributed by atoms with Gasteiger partial charge in [0.05, 0.1) is 0 Å². The molecule has 0 aromatic heterocycles. The molecule has 0 saturated carbocycles. The van der Waals surface area contributed by atoms with Crippen molar-refractivity contribution in [1.29, 1.82) is 5.41 Å². The Morgan fingerprint density at radius 2 is 2.21 bits per heavy atom. The summed E-state index contributed by atoms with van der Waals surface area (Å²) in [7, 11) is 1.88. The number of rotatable bonds is 3. The molecule has 1 saturated heterocycles. The van der Waals surface area contributed by atoms with Gasteiger partial charge in [0.25, 0.3) is 0 Å². The number of hydrogen-bond acceptors (Lipinski definition) is 5. The molecule has 2 rings (SSSR count). The van der Waals surface area contributed by atoms with Gasteiger partial charge < -0.3 is 26.7 Å². The molecular weight excluding hydrogens is 238 g/mol. The molecule has 19 heavy (non-hydrogen) atoms. The van der Waals surface area contributed by atoms with Gasteiger partial charge in [-0.25, -0.2) is 0 Å². The molecular formula is C14H23N5. The van der Waals surface area contributed by atoms with E-state index in [-0.39, 0.29) is 5.54 Å². The van der Waals surface area contributed by atoms with Crippen molar-refractivity contribution < 1.29 is 0 Å². The van der Waals surface area contributed by atoms with Crippen LogP contribution in [0.4, 0.5) is 17.1 Å². The topological polar surface area (TPSA) is 77.2 Å². The summed E-state index contributed by atoms with van der Waals surface area (Å²) < 4.78 is 0. The summed E-state index contributed by atoms with van der Waals surface area (Å²) in [5.41, 5.74) is 9.59. The van der Waals surface area contributed by atoms with Gasteiger partial charge in [-0.05, 0) is 26.0 Å². The van der Waals surface area contributed by atoms with E-state index in [0.717, 1.165) is 36.6 Å². The molecule has 1 fully saturated rings. The zero-order valence-electron chi connectivity index (χ0n) is 11.9. The van der Waals surface area contributed by atoms with Crippen LogP contribution in [0.1, 0.15) is 19.4 Å². The van der Waals surface area contributed by atoms with Crippen molar-refractivity contribution in [2.24, 2.45) is 0 Å². The first-order chi connectivity index (χ1) is 8.96. The number of nitrogens with two attached hydrogens (primary N) is 1. The molecule has 1 aliphatic heterocycles. The van der Waals surface area contributed by atoms with Gasteiger partial charge in [-0.2, -0.15) is 0 Å². The Morgan fingerprint density at radius 3 is 2.79 bits per heavy atom. The molecule has 5 N–H and O–H groups in total. The number of nitrogens with zero attached hydrogens (tertiary/aromatic N) is 1. The maximum Gasteiger partial charge on any atom is 0.0497 e. The van der Waals surface area contributed by atoms with E-state index in [9.17, 15) is 0 Å². The van der Waals surface area contributed by atoms with Crippen LogP contribution in [-0.2, 0) is 0 Å². The normalized spacial score (nSPS) is 18.2. The predicted octanol–water partition coefficient (Wildman–Crippen LogP) is 1.50. The zero-order valence-corrected chi connectivity index (χ0v) is 11.9. The maximum atomic E-state index is 7.60. The van der Waals surface area contributed by atoms with Crippen LogP contribution < -0.4 is 21.3 Å². The number of nitrogen functional groups attached to an aromatic ring is 1. The summed E-state index contributed by atoms with van der Waals surface area (Å²) in [5.74, 6) is 0. The van der Waals surface area contributed by atoms with Gasteiger partial charge in [0.1, 0.15) is 0 Å². The smallest absolute Gasteiger partial charge is 0.0497 e. The first-order valence-electron chi connectivity index (χ1n) is 6.58. The second-order valence-electron chi connectivity index (χ2n) is 5.62. The lowest BCUT2D eigenvalue weighted by molar-refractivity contribution is 0.353. The Kier molecular flexibility index (Phi) is 3.66. The summed E-state index contributed by atoms with van der Waals surface area (Å²) in [5, 5.41) is 14.2. The summed E-state index contributed by atoms with van der Waals surface area (Å²) in [4.78, 5) is 2.30. The van der Waals surface area contributed by atoms with Crippen LogP contribution in [-0.4, -0.2) is 38.4 Å². The van der Waals surface area contributed by atoms with E-state index < -0.39 is 0 Å². The average molecular weight is 261 g/mol. The van der Waals surface area contributed by atoms with Gasteiger partial charge in [0, 0.05) is 61.1 Å². The van der Waals surface area contributed by atoms with Gasteiger partial charge >= 0.3 is 0 Å². The SMILES string of the molecule is CNc1cc(N)c(C=N)c(N2CCNC(C)(C)C2)c1. The number of nitrogens with one attached hydrogen (secondary N) is 3. The van der Waals surface area contributed by atoms with Gasteiger partial charge in [0.15, 0.2) is 0 Å². The standard InChI is InChI=1S/C14H23N5/c1-14(2)9-19(5-4-18-14)13-7-10(17-3)6-12(16)11(13)8-15/h6-8,15,17-18H,4-5,9,16H2,1-3H3. The molecule has 5 heteroatoms. The molecule has 1 heterocycles. The number of hydrogen-bond donors (Lipinski definition) is 4. The van der Waals surface area contributed by atoms with Crippen LogP contribution in [0.25, 0.3) is 0 Å². The third kappa shape index (κ3) is 2.81. The average Bonchev–Trinajstić information content (AvgIpc) is 2.36. The van der Waals surface area contributed by atoms with Crippen molar-refractivity contribution in [2.45, 2.75) is 19.4 Å². The van der Waals surface area contributed by atoms with E-state index in [0.29, 0.717) is 5.69 Å². The zero-order chi connectivity index (χ0) is 14.0. The number of piperazine rings is 1. The van der Waals surface area contributed by atoms with E-state index >= 15 is 0 Å². The highest BCUT2D eigenvalue weighted by molar-refractivity contribution is 5.95. The third-order valence-corrected chi connectivity index (χ3v) is 3.54. The summed E-state index contributed by atoms with van der Waals surface area (Å²) in [6.45, 7) is 7.15. The Hall–Kier alpha value is -1.75. The molecule has 5 nitrogen and oxygen atoms in total. The Labute approximate surface area is 114 Å². The third-order valence-electron chi connectivity index (χ3n) is 3.54. The van der Waals surface area contributed by atoms with Crippen LogP contribution in [0.5, 0.6) is 0 Å². The van der Waals surface area contributed by atoms with Crippen molar-refractivity contribution in [3.63, 3.8) is 0 Å². The Balaban J connectivity index is 2.42. The van der Waals surface area contributed by atoms with Crippen LogP contribution in [0.2, 0.25) is 0 Å². The lowest BCUT2D eigenvalue weighted by atomic mass is 10.00. The minimum absolute atomic E-state index is 0.0714. The molecule has 1 aromatic rings. The van der Waals surface area contributed by atoms with Crippen LogP contribution in [0.15, 0.2) is 12.1 Å². The number of benzene rings is 1. The molecule has 0 radical (unpaired) electrons. The quantitative estimate of drug-likeness (QED) is 0.491. The summed E-state index contributed by atoms with van der Waals surface area (Å²) in [6, 6.07) is 3.94. The van der Waals surface area contributed by atoms with Gasteiger partial charge in [0.2, 0.25) is 0 Å². The molecule has 0 amide bonds. The fraction of sp³-hybridized carbons (Fsp3) is 0.500. The molecule has 1 aromatic carbocycles. The molecule has 1 aliphatic rings. The van der Waals surface area contributed by atoms with E-state index in [4.69, 9.17) is 11.1 Å². The van der Waals surface area contributed by atoms with E-state index in [2.05, 4.69) is 35.4 Å². The fourth-order valence-corrected chi connectivity index (χ4v) is 2.57. The second kappa shape index (κ2) is 5.09. The van der Waals surface area contributed by atoms with Crippen LogP contribution >= 0.6 is 0 Å². The highest BCUT2D eigenvalue weighted by Crippen LogP contribution is 2.30. The summed E-state index contributed by atoms with van der Waals surface area (Å²) >= 11 is 0. The minimum atomic E-state index is 0.0714. The first kappa shape index (κ1) is 13.7. The molecule has 0 spiro atoms. The Bertz CT molecular complexity index is 481. The molecule has 0 atom stereocenters. The van der Waals surface area contributed by atoms with Crippen molar-refractivity contribution in [3.8, 4) is 0 Å². The van der Waals surface area contributed by atoms with Crippen molar-refractivity contribution >= 4 is 23.3 Å². The number of anilines is 3. The molecule has 0 unspecified atom stereocenters. The van der Waals surface area contributed by atoms with Crippen molar-refractivity contribution in [1.82, 2.24) is 5.32 Å². The van der Waals surface area contributed by atoms with Gasteiger partial charge in [-0.3, -0.25) is 0 Å². The largest absolute Gasteiger partial charge is 0.398 e. The van der Waals surface area contributed by atoms with Crippen molar-refractivity contribution in [3.05, 3.63) is 17.7 Å². The van der Waals surface area contributed by atoms with Gasteiger partial charge in [-0.15, -0.1) is 0 Å². The molecule has 0 bridgehead atoms. The first-order valence-corrected chi connectivity index (χ1v) is 6.58. The second-order valence-corrected chi connectivity index (χ2v) is 5.62. The lowest BCUT2D eigenvalue weighted by Gasteiger charge is -2.41. The van der Waals surface area contributed by atoms with E-state index in [1.165, 1.54) is 6.21 Å². The summed E-state index contributed by atoms with van der Waals surface area (Å²) in [6.07, 6.45) is 1.35. The lowest BCUT2D eigenvalue weighted by Crippen LogP contribution is -2.57. The molecule has 0 aliphatic carbocycles.